The van der Waals surface area contributed by atoms with Gasteiger partial charge in [-0.1, -0.05) is 24.3 Å². The van der Waals surface area contributed by atoms with Gasteiger partial charge in [0.05, 0.1) is 25.2 Å². The first-order valence-electron chi connectivity index (χ1n) is 7.66. The molecule has 1 unspecified atom stereocenters. The molecule has 0 saturated carbocycles. The number of benzene rings is 2. The van der Waals surface area contributed by atoms with E-state index in [1.807, 2.05) is 6.07 Å². The Balaban J connectivity index is 2.14. The first kappa shape index (κ1) is 18.6. The molecular weight excluding hydrogens is 336 g/mol. The summed E-state index contributed by atoms with van der Waals surface area (Å²) in [7, 11) is 1.34. The van der Waals surface area contributed by atoms with E-state index in [9.17, 15) is 9.59 Å². The van der Waals surface area contributed by atoms with Crippen LogP contribution in [0.5, 0.6) is 0 Å². The van der Waals surface area contributed by atoms with Gasteiger partial charge in [0, 0.05) is 10.6 Å². The molecule has 0 spiro atoms. The van der Waals surface area contributed by atoms with Crippen molar-refractivity contribution in [1.29, 1.82) is 5.26 Å². The fraction of sp³-hybridized carbons (Fsp3) is 0.211. The van der Waals surface area contributed by atoms with Crippen molar-refractivity contribution in [1.82, 2.24) is 0 Å². The van der Waals surface area contributed by atoms with Crippen molar-refractivity contribution in [2.24, 2.45) is 0 Å². The Morgan fingerprint density at radius 3 is 2.52 bits per heavy atom. The number of thioether (sulfide) groups is 1. The molecule has 0 bridgehead atoms. The van der Waals surface area contributed by atoms with Crippen molar-refractivity contribution in [3.63, 3.8) is 0 Å². The summed E-state index contributed by atoms with van der Waals surface area (Å²) in [6, 6.07) is 16.3. The number of ether oxygens (including phenoxy) is 1. The van der Waals surface area contributed by atoms with Crippen molar-refractivity contribution in [3.8, 4) is 6.07 Å². The molecule has 0 heterocycles. The van der Waals surface area contributed by atoms with Gasteiger partial charge in [-0.2, -0.15) is 5.26 Å². The van der Waals surface area contributed by atoms with Gasteiger partial charge in [-0.15, -0.1) is 11.8 Å². The summed E-state index contributed by atoms with van der Waals surface area (Å²) in [6.07, 6.45) is 0.332. The number of nitriles is 1. The third kappa shape index (κ3) is 5.10. The molecule has 6 heteroatoms. The molecule has 0 fully saturated rings. The molecule has 2 rings (SSSR count). The summed E-state index contributed by atoms with van der Waals surface area (Å²) in [5.74, 6) is -0.596. The largest absolute Gasteiger partial charge is 0.468 e. The molecule has 1 atom stereocenters. The molecule has 1 N–H and O–H groups in total. The Morgan fingerprint density at radius 1 is 1.20 bits per heavy atom. The lowest BCUT2D eigenvalue weighted by atomic mass is 10.1. The van der Waals surface area contributed by atoms with Crippen LogP contribution in [0.1, 0.15) is 22.8 Å². The van der Waals surface area contributed by atoms with Crippen molar-refractivity contribution in [2.45, 2.75) is 23.5 Å². The molecule has 0 aliphatic rings. The second kappa shape index (κ2) is 8.90. The second-order valence-corrected chi connectivity index (χ2v) is 6.65. The van der Waals surface area contributed by atoms with Gasteiger partial charge in [0.1, 0.15) is 5.25 Å². The Morgan fingerprint density at radius 2 is 1.88 bits per heavy atom. The number of nitrogens with one attached hydrogen (secondary N) is 1. The average Bonchev–Trinajstić information content (AvgIpc) is 2.63. The van der Waals surface area contributed by atoms with Gasteiger partial charge in [0.15, 0.2) is 0 Å². The molecule has 0 saturated heterocycles. The molecule has 0 aliphatic heterocycles. The third-order valence-electron chi connectivity index (χ3n) is 3.46. The SMILES string of the molecule is COC(=O)C(C)Sc1ccccc1C(=O)Nc1ccc(CC#N)cc1. The quantitative estimate of drug-likeness (QED) is 0.633. The van der Waals surface area contributed by atoms with Gasteiger partial charge in [-0.05, 0) is 36.8 Å². The number of anilines is 1. The monoisotopic (exact) mass is 354 g/mol. The number of esters is 1. The summed E-state index contributed by atoms with van der Waals surface area (Å²) in [5, 5.41) is 11.1. The maximum absolute atomic E-state index is 12.6. The Hall–Kier alpha value is -2.78. The highest BCUT2D eigenvalue weighted by molar-refractivity contribution is 8.00. The van der Waals surface area contributed by atoms with Crippen molar-refractivity contribution in [3.05, 3.63) is 59.7 Å². The summed E-state index contributed by atoms with van der Waals surface area (Å²) >= 11 is 1.28. The summed E-state index contributed by atoms with van der Waals surface area (Å²) in [5.41, 5.74) is 2.03. The molecular formula is C19H18N2O3S. The minimum atomic E-state index is -0.413. The van der Waals surface area contributed by atoms with E-state index in [2.05, 4.69) is 11.4 Å². The maximum Gasteiger partial charge on any atom is 0.318 e. The van der Waals surface area contributed by atoms with Gasteiger partial charge in [0.25, 0.3) is 5.91 Å². The predicted molar refractivity (Wildman–Crippen MR) is 97.5 cm³/mol. The molecule has 25 heavy (non-hydrogen) atoms. The van der Waals surface area contributed by atoms with E-state index in [4.69, 9.17) is 10.00 Å². The van der Waals surface area contributed by atoms with Crippen LogP contribution >= 0.6 is 11.8 Å². The number of carbonyl (C=O) groups excluding carboxylic acids is 2. The molecule has 2 aromatic rings. The molecule has 5 nitrogen and oxygen atoms in total. The predicted octanol–water partition coefficient (Wildman–Crippen LogP) is 3.66. The van der Waals surface area contributed by atoms with E-state index < -0.39 is 5.25 Å². The van der Waals surface area contributed by atoms with Crippen LogP contribution in [0.3, 0.4) is 0 Å². The van der Waals surface area contributed by atoms with E-state index >= 15 is 0 Å². The van der Waals surface area contributed by atoms with Crippen LogP contribution in [0.15, 0.2) is 53.4 Å². The normalized spacial score (nSPS) is 11.2. The zero-order valence-corrected chi connectivity index (χ0v) is 14.8. The van der Waals surface area contributed by atoms with Crippen molar-refractivity contribution in [2.75, 3.05) is 12.4 Å². The highest BCUT2D eigenvalue weighted by Crippen LogP contribution is 2.28. The van der Waals surface area contributed by atoms with Gasteiger partial charge in [-0.25, -0.2) is 0 Å². The van der Waals surface area contributed by atoms with Gasteiger partial charge >= 0.3 is 5.97 Å². The van der Waals surface area contributed by atoms with Gasteiger partial charge in [-0.3, -0.25) is 9.59 Å². The minimum absolute atomic E-state index is 0.256. The molecule has 128 valence electrons. The molecule has 0 radical (unpaired) electrons. The van der Waals surface area contributed by atoms with Crippen molar-refractivity contribution < 1.29 is 14.3 Å². The van der Waals surface area contributed by atoms with Crippen LogP contribution < -0.4 is 5.32 Å². The lowest BCUT2D eigenvalue weighted by molar-refractivity contribution is -0.139. The smallest absolute Gasteiger partial charge is 0.318 e. The number of nitrogens with zero attached hydrogens (tertiary/aromatic N) is 1. The summed E-state index contributed by atoms with van der Waals surface area (Å²) in [6.45, 7) is 1.74. The molecule has 0 aromatic heterocycles. The zero-order chi connectivity index (χ0) is 18.2. The van der Waals surface area contributed by atoms with E-state index in [1.165, 1.54) is 18.9 Å². The highest BCUT2D eigenvalue weighted by Gasteiger charge is 2.19. The highest BCUT2D eigenvalue weighted by atomic mass is 32.2. The van der Waals surface area contributed by atoms with Crippen LogP contribution in [0, 0.1) is 11.3 Å². The lowest BCUT2D eigenvalue weighted by Crippen LogP contribution is -2.17. The molecule has 1 amide bonds. The van der Waals surface area contributed by atoms with Crippen LogP contribution in [-0.4, -0.2) is 24.2 Å². The van der Waals surface area contributed by atoms with E-state index in [0.29, 0.717) is 22.6 Å². The maximum atomic E-state index is 12.6. The number of methoxy groups -OCH3 is 1. The number of amides is 1. The zero-order valence-electron chi connectivity index (χ0n) is 14.0. The number of hydrogen-bond donors (Lipinski definition) is 1. The number of rotatable bonds is 6. The Kier molecular flexibility index (Phi) is 6.61. The van der Waals surface area contributed by atoms with Gasteiger partial charge < -0.3 is 10.1 Å². The first-order chi connectivity index (χ1) is 12.0. The number of hydrogen-bond acceptors (Lipinski definition) is 5. The van der Waals surface area contributed by atoms with E-state index in [1.54, 1.807) is 49.4 Å². The first-order valence-corrected chi connectivity index (χ1v) is 8.54. The standard InChI is InChI=1S/C19H18N2O3S/c1-13(19(23)24-2)25-17-6-4-3-5-16(17)18(22)21-15-9-7-14(8-10-15)11-12-20/h3-10,13H,11H2,1-2H3,(H,21,22). The fourth-order valence-electron chi connectivity index (χ4n) is 2.16. The Bertz CT molecular complexity index is 797. The third-order valence-corrected chi connectivity index (χ3v) is 4.62. The second-order valence-electron chi connectivity index (χ2n) is 5.27. The summed E-state index contributed by atoms with van der Waals surface area (Å²) in [4.78, 5) is 24.9. The van der Waals surface area contributed by atoms with Gasteiger partial charge in [0.2, 0.25) is 0 Å². The van der Waals surface area contributed by atoms with E-state index in [-0.39, 0.29) is 11.9 Å². The average molecular weight is 354 g/mol. The number of carbonyl (C=O) groups is 2. The van der Waals surface area contributed by atoms with E-state index in [0.717, 1.165) is 5.56 Å². The van der Waals surface area contributed by atoms with Crippen LogP contribution in [0.25, 0.3) is 0 Å². The molecule has 0 aliphatic carbocycles. The van der Waals surface area contributed by atoms with Crippen molar-refractivity contribution >= 4 is 29.3 Å². The fourth-order valence-corrected chi connectivity index (χ4v) is 3.18. The minimum Gasteiger partial charge on any atom is -0.468 e. The summed E-state index contributed by atoms with van der Waals surface area (Å²) < 4.78 is 4.73. The van der Waals surface area contributed by atoms with Crippen LogP contribution in [0.4, 0.5) is 5.69 Å². The van der Waals surface area contributed by atoms with Crippen LogP contribution in [-0.2, 0) is 16.0 Å². The topological polar surface area (TPSA) is 79.2 Å². The Labute approximate surface area is 151 Å². The lowest BCUT2D eigenvalue weighted by Gasteiger charge is -2.13. The molecule has 2 aromatic carbocycles. The van der Waals surface area contributed by atoms with Crippen LogP contribution in [0.2, 0.25) is 0 Å².